The Balaban J connectivity index is 1.73. The van der Waals surface area contributed by atoms with E-state index in [9.17, 15) is 14.4 Å². The molecule has 0 bridgehead atoms. The first-order valence-electron chi connectivity index (χ1n) is 11.9. The molecule has 0 fully saturated rings. The van der Waals surface area contributed by atoms with Crippen molar-refractivity contribution in [3.63, 3.8) is 0 Å². The number of carbonyl (C=O) groups excluding carboxylic acids is 3. The van der Waals surface area contributed by atoms with Crippen molar-refractivity contribution in [1.29, 1.82) is 0 Å². The number of nitrogens with one attached hydrogen (secondary N) is 2. The minimum absolute atomic E-state index is 0.0716. The third-order valence-electron chi connectivity index (χ3n) is 5.46. The predicted octanol–water partition coefficient (Wildman–Crippen LogP) is 5.64. The number of nitrogens with zero attached hydrogens (tertiary/aromatic N) is 3. The molecule has 0 saturated carbocycles. The van der Waals surface area contributed by atoms with Crippen molar-refractivity contribution < 1.29 is 19.1 Å². The summed E-state index contributed by atoms with van der Waals surface area (Å²) >= 11 is 13.4. The van der Waals surface area contributed by atoms with Gasteiger partial charge in [-0.1, -0.05) is 54.9 Å². The number of amides is 2. The normalized spacial score (nSPS) is 11.8. The fourth-order valence-corrected chi connectivity index (χ4v) is 5.04. The number of methoxy groups -OCH3 is 1. The van der Waals surface area contributed by atoms with E-state index in [-0.39, 0.29) is 28.5 Å². The van der Waals surface area contributed by atoms with E-state index in [0.717, 1.165) is 0 Å². The van der Waals surface area contributed by atoms with Crippen LogP contribution in [0, 0.1) is 5.92 Å². The van der Waals surface area contributed by atoms with Gasteiger partial charge in [-0.15, -0.1) is 10.2 Å². The standard InChI is InChI=1S/C26H29Cl2N5O4S/c1-5-33-23(21(11-15(2)3)30-24(35)19-10-9-17(27)13-20(19)28)31-32-26(33)38-14-22(34)29-18-8-6-7-16(12-18)25(36)37-4/h6-10,12-13,15,21H,5,11,14H2,1-4H3,(H,29,34)(H,30,35)/t21-/m0/s1. The van der Waals surface area contributed by atoms with Gasteiger partial charge in [0.15, 0.2) is 11.0 Å². The summed E-state index contributed by atoms with van der Waals surface area (Å²) in [5, 5.41) is 15.7. The molecule has 12 heteroatoms. The number of carbonyl (C=O) groups is 3. The van der Waals surface area contributed by atoms with Gasteiger partial charge < -0.3 is 19.9 Å². The summed E-state index contributed by atoms with van der Waals surface area (Å²) in [5.41, 5.74) is 1.14. The Labute approximate surface area is 235 Å². The van der Waals surface area contributed by atoms with Gasteiger partial charge in [-0.25, -0.2) is 4.79 Å². The second kappa shape index (κ2) is 13.6. The van der Waals surface area contributed by atoms with Gasteiger partial charge in [-0.2, -0.15) is 0 Å². The van der Waals surface area contributed by atoms with Gasteiger partial charge in [0.2, 0.25) is 5.91 Å². The highest BCUT2D eigenvalue weighted by atomic mass is 35.5. The first-order valence-corrected chi connectivity index (χ1v) is 13.7. The lowest BCUT2D eigenvalue weighted by molar-refractivity contribution is -0.113. The third kappa shape index (κ3) is 7.72. The minimum Gasteiger partial charge on any atom is -0.465 e. The third-order valence-corrected chi connectivity index (χ3v) is 6.98. The van der Waals surface area contributed by atoms with E-state index in [1.54, 1.807) is 36.4 Å². The van der Waals surface area contributed by atoms with Gasteiger partial charge in [-0.3, -0.25) is 9.59 Å². The molecule has 3 aromatic rings. The Morgan fingerprint density at radius 1 is 1.11 bits per heavy atom. The maximum atomic E-state index is 13.0. The van der Waals surface area contributed by atoms with Crippen LogP contribution < -0.4 is 10.6 Å². The maximum absolute atomic E-state index is 13.0. The molecule has 0 aliphatic carbocycles. The zero-order valence-corrected chi connectivity index (χ0v) is 23.8. The Morgan fingerprint density at radius 2 is 1.87 bits per heavy atom. The molecule has 0 spiro atoms. The molecule has 2 amide bonds. The van der Waals surface area contributed by atoms with Crippen molar-refractivity contribution in [2.45, 2.75) is 44.9 Å². The molecule has 2 N–H and O–H groups in total. The maximum Gasteiger partial charge on any atom is 0.337 e. The first kappa shape index (κ1) is 29.5. The number of benzene rings is 2. The summed E-state index contributed by atoms with van der Waals surface area (Å²) in [7, 11) is 1.30. The van der Waals surface area contributed by atoms with E-state index in [2.05, 4.69) is 34.7 Å². The van der Waals surface area contributed by atoms with Gasteiger partial charge in [0.25, 0.3) is 5.91 Å². The molecule has 0 radical (unpaired) electrons. The highest BCUT2D eigenvalue weighted by molar-refractivity contribution is 7.99. The number of hydrogen-bond donors (Lipinski definition) is 2. The van der Waals surface area contributed by atoms with Crippen LogP contribution in [-0.2, 0) is 16.1 Å². The summed E-state index contributed by atoms with van der Waals surface area (Å²) in [6.45, 7) is 6.59. The number of ether oxygens (including phenoxy) is 1. The first-order chi connectivity index (χ1) is 18.1. The SMILES string of the molecule is CCn1c(SCC(=O)Nc2cccc(C(=O)OC)c2)nnc1[C@H](CC(C)C)NC(=O)c1ccc(Cl)cc1Cl. The van der Waals surface area contributed by atoms with Crippen molar-refractivity contribution in [2.75, 3.05) is 18.2 Å². The highest BCUT2D eigenvalue weighted by Crippen LogP contribution is 2.27. The lowest BCUT2D eigenvalue weighted by Crippen LogP contribution is -2.32. The van der Waals surface area contributed by atoms with Gasteiger partial charge in [0.05, 0.1) is 35.1 Å². The van der Waals surface area contributed by atoms with Crippen molar-refractivity contribution in [3.8, 4) is 0 Å². The lowest BCUT2D eigenvalue weighted by Gasteiger charge is -2.21. The Kier molecular flexibility index (Phi) is 10.6. The molecule has 0 aliphatic rings. The van der Waals surface area contributed by atoms with E-state index in [4.69, 9.17) is 27.9 Å². The molecular weight excluding hydrogens is 549 g/mol. The second-order valence-electron chi connectivity index (χ2n) is 8.77. The topological polar surface area (TPSA) is 115 Å². The van der Waals surface area contributed by atoms with Gasteiger partial charge in [0, 0.05) is 17.3 Å². The van der Waals surface area contributed by atoms with E-state index in [1.807, 2.05) is 11.5 Å². The molecule has 1 heterocycles. The second-order valence-corrected chi connectivity index (χ2v) is 10.6. The van der Waals surface area contributed by atoms with Crippen LogP contribution in [0.5, 0.6) is 0 Å². The van der Waals surface area contributed by atoms with Crippen LogP contribution in [0.25, 0.3) is 0 Å². The summed E-state index contributed by atoms with van der Waals surface area (Å²) in [6.07, 6.45) is 0.622. The molecule has 38 heavy (non-hydrogen) atoms. The molecule has 0 saturated heterocycles. The highest BCUT2D eigenvalue weighted by Gasteiger charge is 2.25. The van der Waals surface area contributed by atoms with Gasteiger partial charge in [-0.05, 0) is 55.7 Å². The molecule has 1 aromatic heterocycles. The molecular formula is C26H29Cl2N5O4S. The Morgan fingerprint density at radius 3 is 2.53 bits per heavy atom. The average Bonchev–Trinajstić information content (AvgIpc) is 3.29. The largest absolute Gasteiger partial charge is 0.465 e. The summed E-state index contributed by atoms with van der Waals surface area (Å²) in [4.78, 5) is 37.4. The van der Waals surface area contributed by atoms with Crippen molar-refractivity contribution in [2.24, 2.45) is 5.92 Å². The van der Waals surface area contributed by atoms with Crippen LogP contribution >= 0.6 is 35.0 Å². The molecule has 202 valence electrons. The monoisotopic (exact) mass is 577 g/mol. The van der Waals surface area contributed by atoms with Crippen LogP contribution in [0.2, 0.25) is 10.0 Å². The number of esters is 1. The Bertz CT molecular complexity index is 1310. The number of halogens is 2. The zero-order valence-electron chi connectivity index (χ0n) is 21.5. The summed E-state index contributed by atoms with van der Waals surface area (Å²) in [5.74, 6) is -0.180. The summed E-state index contributed by atoms with van der Waals surface area (Å²) < 4.78 is 6.60. The van der Waals surface area contributed by atoms with E-state index in [1.165, 1.54) is 24.9 Å². The van der Waals surface area contributed by atoms with E-state index < -0.39 is 12.0 Å². The van der Waals surface area contributed by atoms with Crippen molar-refractivity contribution in [1.82, 2.24) is 20.1 Å². The number of rotatable bonds is 11. The zero-order chi connectivity index (χ0) is 27.8. The molecule has 1 atom stereocenters. The summed E-state index contributed by atoms with van der Waals surface area (Å²) in [6, 6.07) is 10.8. The van der Waals surface area contributed by atoms with Crippen LogP contribution in [0.3, 0.4) is 0 Å². The number of anilines is 1. The van der Waals surface area contributed by atoms with Crippen molar-refractivity contribution in [3.05, 3.63) is 69.5 Å². The van der Waals surface area contributed by atoms with Crippen LogP contribution in [0.15, 0.2) is 47.6 Å². The molecule has 2 aromatic carbocycles. The quantitative estimate of drug-likeness (QED) is 0.224. The molecule has 0 aliphatic heterocycles. The van der Waals surface area contributed by atoms with E-state index >= 15 is 0 Å². The smallest absolute Gasteiger partial charge is 0.337 e. The van der Waals surface area contributed by atoms with Crippen LogP contribution in [0.1, 0.15) is 59.8 Å². The lowest BCUT2D eigenvalue weighted by atomic mass is 10.0. The van der Waals surface area contributed by atoms with Crippen LogP contribution in [0.4, 0.5) is 5.69 Å². The van der Waals surface area contributed by atoms with Crippen LogP contribution in [-0.4, -0.2) is 45.4 Å². The van der Waals surface area contributed by atoms with Gasteiger partial charge in [0.1, 0.15) is 0 Å². The van der Waals surface area contributed by atoms with Crippen molar-refractivity contribution >= 4 is 58.4 Å². The minimum atomic E-state index is -0.486. The number of thioether (sulfide) groups is 1. The number of aromatic nitrogens is 3. The molecule has 3 rings (SSSR count). The molecule has 0 unspecified atom stereocenters. The molecule has 9 nitrogen and oxygen atoms in total. The predicted molar refractivity (Wildman–Crippen MR) is 149 cm³/mol. The average molecular weight is 579 g/mol. The Hall–Kier alpha value is -3.08. The van der Waals surface area contributed by atoms with Gasteiger partial charge >= 0.3 is 5.97 Å². The fourth-order valence-electron chi connectivity index (χ4n) is 3.74. The number of hydrogen-bond acceptors (Lipinski definition) is 7. The fraction of sp³-hybridized carbons (Fsp3) is 0.346. The van der Waals surface area contributed by atoms with E-state index in [0.29, 0.717) is 45.8 Å².